The minimum atomic E-state index is -0.557. The van der Waals surface area contributed by atoms with Gasteiger partial charge in [0.15, 0.2) is 0 Å². The Kier molecular flexibility index (Phi) is 6.98. The molecule has 5 aromatic rings. The molecule has 0 unspecified atom stereocenters. The normalized spacial score (nSPS) is 13.8. The minimum absolute atomic E-state index is 0.158. The molecule has 1 amide bonds. The summed E-state index contributed by atoms with van der Waals surface area (Å²) in [5.74, 6) is 0.00236. The fourth-order valence-corrected chi connectivity index (χ4v) is 5.33. The van der Waals surface area contributed by atoms with Crippen LogP contribution in [0.3, 0.4) is 0 Å². The van der Waals surface area contributed by atoms with Crippen molar-refractivity contribution in [3.63, 3.8) is 0 Å². The van der Waals surface area contributed by atoms with Gasteiger partial charge in [-0.25, -0.2) is 10.2 Å². The lowest BCUT2D eigenvalue weighted by molar-refractivity contribution is -0.121. The van der Waals surface area contributed by atoms with E-state index in [0.29, 0.717) is 35.6 Å². The first-order valence-electron chi connectivity index (χ1n) is 13.4. The van der Waals surface area contributed by atoms with Crippen molar-refractivity contribution in [1.29, 1.82) is 0 Å². The summed E-state index contributed by atoms with van der Waals surface area (Å²) in [4.78, 5) is 26.6. The number of rotatable bonds is 6. The van der Waals surface area contributed by atoms with Crippen LogP contribution in [0.2, 0.25) is 0 Å². The topological polar surface area (TPSA) is 80.9 Å². The molecule has 0 saturated carbocycles. The number of hydrogen-bond acceptors (Lipinski definition) is 5. The van der Waals surface area contributed by atoms with E-state index in [1.54, 1.807) is 6.07 Å². The predicted octanol–water partition coefficient (Wildman–Crippen LogP) is 6.95. The van der Waals surface area contributed by atoms with Crippen LogP contribution in [-0.4, -0.2) is 17.6 Å². The van der Waals surface area contributed by atoms with Gasteiger partial charge in [-0.15, -0.1) is 0 Å². The molecular weight excluding hydrogens is 500 g/mol. The van der Waals surface area contributed by atoms with E-state index in [2.05, 4.69) is 10.5 Å². The molecular formula is C34H28N2O4. The maximum Gasteiger partial charge on any atom is 0.379 e. The maximum atomic E-state index is 13.5. The highest BCUT2D eigenvalue weighted by atomic mass is 16.5. The molecule has 0 saturated heterocycles. The van der Waals surface area contributed by atoms with E-state index in [-0.39, 0.29) is 11.7 Å². The van der Waals surface area contributed by atoms with Crippen LogP contribution < -0.4 is 10.2 Å². The van der Waals surface area contributed by atoms with Crippen molar-refractivity contribution < 1.29 is 18.7 Å². The number of hydrazone groups is 1. The first-order valence-corrected chi connectivity index (χ1v) is 13.4. The van der Waals surface area contributed by atoms with Crippen molar-refractivity contribution >= 4 is 28.4 Å². The Bertz CT molecular complexity index is 1680. The van der Waals surface area contributed by atoms with Gasteiger partial charge >= 0.3 is 5.97 Å². The number of amides is 1. The SMILES string of the molecule is Cc1c(C(=O)Oc2ccc3ccccc3c2)oc2c1/C(=N/NC(=O)C(c1ccccc1)c1ccccc1)CCC2. The van der Waals surface area contributed by atoms with Gasteiger partial charge in [-0.05, 0) is 53.8 Å². The maximum absolute atomic E-state index is 13.5. The average Bonchev–Trinajstić information content (AvgIpc) is 3.34. The molecule has 1 N–H and O–H groups in total. The number of nitrogens with zero attached hydrogens (tertiary/aromatic N) is 1. The van der Waals surface area contributed by atoms with Gasteiger partial charge in [0.25, 0.3) is 5.91 Å². The van der Waals surface area contributed by atoms with Gasteiger partial charge in [-0.3, -0.25) is 4.79 Å². The average molecular weight is 529 g/mol. The largest absolute Gasteiger partial charge is 0.453 e. The van der Waals surface area contributed by atoms with E-state index < -0.39 is 11.9 Å². The lowest BCUT2D eigenvalue weighted by Gasteiger charge is -2.18. The summed E-state index contributed by atoms with van der Waals surface area (Å²) in [6.07, 6.45) is 2.14. The Morgan fingerprint density at radius 1 is 0.825 bits per heavy atom. The zero-order valence-corrected chi connectivity index (χ0v) is 22.1. The highest BCUT2D eigenvalue weighted by Crippen LogP contribution is 2.31. The molecule has 6 rings (SSSR count). The number of hydrogen-bond donors (Lipinski definition) is 1. The van der Waals surface area contributed by atoms with Crippen molar-refractivity contribution in [2.75, 3.05) is 0 Å². The van der Waals surface area contributed by atoms with Gasteiger partial charge in [-0.2, -0.15) is 5.10 Å². The van der Waals surface area contributed by atoms with E-state index in [9.17, 15) is 9.59 Å². The van der Waals surface area contributed by atoms with Crippen LogP contribution in [-0.2, 0) is 11.2 Å². The minimum Gasteiger partial charge on any atom is -0.453 e. The Morgan fingerprint density at radius 2 is 1.48 bits per heavy atom. The summed E-state index contributed by atoms with van der Waals surface area (Å²) >= 11 is 0. The zero-order chi connectivity index (χ0) is 27.5. The number of nitrogens with one attached hydrogen (secondary N) is 1. The highest BCUT2D eigenvalue weighted by Gasteiger charge is 2.30. The molecule has 0 bridgehead atoms. The second-order valence-corrected chi connectivity index (χ2v) is 9.90. The van der Waals surface area contributed by atoms with Crippen LogP contribution in [0.1, 0.15) is 57.3 Å². The molecule has 40 heavy (non-hydrogen) atoms. The van der Waals surface area contributed by atoms with Gasteiger partial charge in [0.05, 0.1) is 11.6 Å². The van der Waals surface area contributed by atoms with Crippen molar-refractivity contribution in [3.8, 4) is 5.75 Å². The van der Waals surface area contributed by atoms with Crippen molar-refractivity contribution in [1.82, 2.24) is 5.43 Å². The summed E-state index contributed by atoms with van der Waals surface area (Å²) in [6, 6.07) is 32.7. The molecule has 4 aromatic carbocycles. The molecule has 0 fully saturated rings. The van der Waals surface area contributed by atoms with E-state index in [0.717, 1.165) is 33.9 Å². The predicted molar refractivity (Wildman–Crippen MR) is 155 cm³/mol. The number of aryl methyl sites for hydroxylation is 1. The number of ether oxygens (including phenoxy) is 1. The Morgan fingerprint density at radius 3 is 2.17 bits per heavy atom. The zero-order valence-electron chi connectivity index (χ0n) is 22.1. The third-order valence-corrected chi connectivity index (χ3v) is 7.27. The molecule has 0 aliphatic heterocycles. The fraction of sp³-hybridized carbons (Fsp3) is 0.147. The standard InChI is InChI=1S/C34H28N2O4/c1-22-30-28(35-36-33(37)31(24-12-4-2-5-13-24)25-14-6-3-7-15-25)17-10-18-29(30)40-32(22)34(38)39-27-20-19-23-11-8-9-16-26(23)21-27/h2-9,11-16,19-21,31H,10,17-18H2,1H3,(H,36,37)/b35-28+. The van der Waals surface area contributed by atoms with Crippen LogP contribution in [0.15, 0.2) is 113 Å². The molecule has 1 aromatic heterocycles. The molecule has 6 nitrogen and oxygen atoms in total. The molecule has 0 radical (unpaired) electrons. The van der Waals surface area contributed by atoms with Crippen LogP contribution in [0.4, 0.5) is 0 Å². The molecule has 0 spiro atoms. The smallest absolute Gasteiger partial charge is 0.379 e. The van der Waals surface area contributed by atoms with Gasteiger partial charge in [-0.1, -0.05) is 91.0 Å². The van der Waals surface area contributed by atoms with Gasteiger partial charge in [0.1, 0.15) is 11.5 Å². The number of benzene rings is 4. The molecule has 1 heterocycles. The first kappa shape index (κ1) is 25.3. The number of esters is 1. The second kappa shape index (κ2) is 11.0. The molecule has 6 heteroatoms. The monoisotopic (exact) mass is 528 g/mol. The molecule has 1 aliphatic rings. The van der Waals surface area contributed by atoms with Crippen LogP contribution in [0.25, 0.3) is 10.8 Å². The Hall–Kier alpha value is -4.97. The lowest BCUT2D eigenvalue weighted by atomic mass is 9.91. The van der Waals surface area contributed by atoms with E-state index in [1.807, 2.05) is 104 Å². The lowest BCUT2D eigenvalue weighted by Crippen LogP contribution is -2.28. The highest BCUT2D eigenvalue weighted by molar-refractivity contribution is 6.06. The summed E-state index contributed by atoms with van der Waals surface area (Å²) < 4.78 is 11.7. The van der Waals surface area contributed by atoms with E-state index >= 15 is 0 Å². The summed E-state index contributed by atoms with van der Waals surface area (Å²) in [5.41, 5.74) is 6.70. The number of fused-ring (bicyclic) bond motifs is 2. The van der Waals surface area contributed by atoms with E-state index in [4.69, 9.17) is 9.15 Å². The van der Waals surface area contributed by atoms with E-state index in [1.165, 1.54) is 0 Å². The van der Waals surface area contributed by atoms with Gasteiger partial charge in [0.2, 0.25) is 5.76 Å². The molecule has 1 aliphatic carbocycles. The van der Waals surface area contributed by atoms with Crippen molar-refractivity contribution in [2.45, 2.75) is 32.1 Å². The van der Waals surface area contributed by atoms with Gasteiger partial charge in [0, 0.05) is 17.5 Å². The fourth-order valence-electron chi connectivity index (χ4n) is 5.33. The third-order valence-electron chi connectivity index (χ3n) is 7.27. The summed E-state index contributed by atoms with van der Waals surface area (Å²) in [7, 11) is 0. The van der Waals surface area contributed by atoms with Crippen molar-refractivity contribution in [3.05, 3.63) is 137 Å². The number of carbonyl (C=O) groups excluding carboxylic acids is 2. The van der Waals surface area contributed by atoms with Crippen LogP contribution in [0.5, 0.6) is 5.75 Å². The number of carbonyl (C=O) groups is 2. The molecule has 198 valence electrons. The second-order valence-electron chi connectivity index (χ2n) is 9.90. The first-order chi connectivity index (χ1) is 19.6. The van der Waals surface area contributed by atoms with Gasteiger partial charge < -0.3 is 9.15 Å². The van der Waals surface area contributed by atoms with Crippen molar-refractivity contribution in [2.24, 2.45) is 5.10 Å². The Labute approximate surface area is 232 Å². The molecule has 0 atom stereocenters. The van der Waals surface area contributed by atoms with Crippen LogP contribution >= 0.6 is 0 Å². The van der Waals surface area contributed by atoms with Crippen LogP contribution in [0, 0.1) is 6.92 Å². The third kappa shape index (κ3) is 5.04. The summed E-state index contributed by atoms with van der Waals surface area (Å²) in [5, 5.41) is 6.60. The summed E-state index contributed by atoms with van der Waals surface area (Å²) in [6.45, 7) is 1.83. The quantitative estimate of drug-likeness (QED) is 0.147. The Balaban J connectivity index is 1.25. The number of furan rings is 1.